The Morgan fingerprint density at radius 2 is 1.61 bits per heavy atom. The van der Waals surface area contributed by atoms with Crippen LogP contribution in [-0.2, 0) is 14.9 Å². The van der Waals surface area contributed by atoms with Gasteiger partial charge in [0.1, 0.15) is 6.10 Å². The Kier molecular flexibility index (Phi) is 3.15. The van der Waals surface area contributed by atoms with E-state index in [-0.39, 0.29) is 22.9 Å². The maximum Gasteiger partial charge on any atom is 0.303 e. The molecular formula is C29H22O2. The lowest BCUT2D eigenvalue weighted by molar-refractivity contribution is -0.149. The summed E-state index contributed by atoms with van der Waals surface area (Å²) in [5, 5.41) is 0. The third-order valence-electron chi connectivity index (χ3n) is 8.13. The molecule has 5 unspecified atom stereocenters. The fraction of sp³-hybridized carbons (Fsp3) is 0.207. The van der Waals surface area contributed by atoms with Crippen LogP contribution in [0.1, 0.15) is 46.8 Å². The minimum Gasteiger partial charge on any atom is -0.457 e. The van der Waals surface area contributed by atoms with Crippen molar-refractivity contribution in [1.29, 1.82) is 0 Å². The van der Waals surface area contributed by atoms with Crippen LogP contribution in [-0.4, -0.2) is 5.97 Å². The van der Waals surface area contributed by atoms with Gasteiger partial charge in [0.05, 0.1) is 5.41 Å². The first-order chi connectivity index (χ1) is 15.2. The third kappa shape index (κ3) is 1.76. The summed E-state index contributed by atoms with van der Waals surface area (Å²) in [6.07, 6.45) is 6.54. The van der Waals surface area contributed by atoms with Crippen molar-refractivity contribution in [2.75, 3.05) is 0 Å². The Morgan fingerprint density at radius 3 is 2.42 bits per heavy atom. The van der Waals surface area contributed by atoms with Crippen molar-refractivity contribution >= 4 is 11.5 Å². The summed E-state index contributed by atoms with van der Waals surface area (Å²) >= 11 is 0. The zero-order valence-corrected chi connectivity index (χ0v) is 17.3. The minimum atomic E-state index is -0.331. The molecule has 0 aromatic heterocycles. The summed E-state index contributed by atoms with van der Waals surface area (Å²) in [6, 6.07) is 28.0. The SMILES string of the molecule is CC(=O)OC(c1ccccc1)C12c3ccccc3C3c4ccccc4C4=CC=CC1C432. The van der Waals surface area contributed by atoms with Crippen molar-refractivity contribution in [2.24, 2.45) is 11.3 Å². The first kappa shape index (κ1) is 17.3. The molecule has 0 amide bonds. The highest BCUT2D eigenvalue weighted by molar-refractivity contribution is 5.93. The second kappa shape index (κ2) is 5.64. The van der Waals surface area contributed by atoms with Gasteiger partial charge < -0.3 is 4.74 Å². The van der Waals surface area contributed by atoms with Crippen molar-refractivity contribution in [3.05, 3.63) is 125 Å². The number of ether oxygens (including phenoxy) is 1. The summed E-state index contributed by atoms with van der Waals surface area (Å²) in [6.45, 7) is 1.53. The number of benzene rings is 3. The van der Waals surface area contributed by atoms with Gasteiger partial charge >= 0.3 is 5.97 Å². The zero-order valence-electron chi connectivity index (χ0n) is 17.3. The second-order valence-electron chi connectivity index (χ2n) is 9.19. The molecule has 1 fully saturated rings. The van der Waals surface area contributed by atoms with Gasteiger partial charge in [-0.05, 0) is 33.4 Å². The number of fused-ring (bicyclic) bond motifs is 7. The molecule has 1 saturated carbocycles. The van der Waals surface area contributed by atoms with Crippen molar-refractivity contribution < 1.29 is 9.53 Å². The Bertz CT molecular complexity index is 1320. The van der Waals surface area contributed by atoms with Crippen LogP contribution in [0.3, 0.4) is 0 Å². The molecule has 0 bridgehead atoms. The monoisotopic (exact) mass is 402 g/mol. The van der Waals surface area contributed by atoms with Crippen molar-refractivity contribution in [1.82, 2.24) is 0 Å². The van der Waals surface area contributed by atoms with Gasteiger partial charge in [0.2, 0.25) is 0 Å². The number of allylic oxidation sites excluding steroid dienone is 4. The molecule has 150 valence electrons. The summed E-state index contributed by atoms with van der Waals surface area (Å²) in [5.74, 6) is 0.369. The molecule has 3 aromatic rings. The molecule has 0 N–H and O–H groups in total. The Labute approximate surface area is 181 Å². The average molecular weight is 402 g/mol. The van der Waals surface area contributed by atoms with Crippen LogP contribution in [0.2, 0.25) is 0 Å². The van der Waals surface area contributed by atoms with E-state index in [9.17, 15) is 4.79 Å². The molecule has 1 spiro atoms. The van der Waals surface area contributed by atoms with Gasteiger partial charge in [0, 0.05) is 24.2 Å². The van der Waals surface area contributed by atoms with Crippen molar-refractivity contribution in [2.45, 2.75) is 24.4 Å². The van der Waals surface area contributed by atoms with Crippen LogP contribution in [0.25, 0.3) is 5.57 Å². The standard InChI is InChI=1S/C29H22O2/c1-18(30)31-27(19-10-3-2-4-11-19)29-24-15-8-7-14-22(24)26-21-13-6-5-12-20(21)23-16-9-17-25(29)28(23,26)29/h2-17,25-27H,1H3. The van der Waals surface area contributed by atoms with E-state index >= 15 is 0 Å². The fourth-order valence-electron chi connectivity index (χ4n) is 7.44. The van der Waals surface area contributed by atoms with E-state index in [1.54, 1.807) is 0 Å². The number of hydrogen-bond donors (Lipinski definition) is 0. The Hall–Kier alpha value is -3.39. The summed E-state index contributed by atoms with van der Waals surface area (Å²) in [5.41, 5.74) is 7.58. The van der Waals surface area contributed by atoms with Crippen LogP contribution in [0.5, 0.6) is 0 Å². The quantitative estimate of drug-likeness (QED) is 0.506. The van der Waals surface area contributed by atoms with E-state index in [0.29, 0.717) is 11.8 Å². The smallest absolute Gasteiger partial charge is 0.303 e. The van der Waals surface area contributed by atoms with Gasteiger partial charge in [0.15, 0.2) is 0 Å². The highest BCUT2D eigenvalue weighted by atomic mass is 16.5. The molecule has 3 aromatic carbocycles. The highest BCUT2D eigenvalue weighted by Gasteiger charge is 2.89. The van der Waals surface area contributed by atoms with E-state index in [1.165, 1.54) is 34.8 Å². The van der Waals surface area contributed by atoms with Gasteiger partial charge in [-0.3, -0.25) is 4.79 Å². The predicted octanol–water partition coefficient (Wildman–Crippen LogP) is 5.96. The summed E-state index contributed by atoms with van der Waals surface area (Å²) in [7, 11) is 0. The van der Waals surface area contributed by atoms with Gasteiger partial charge in [0.25, 0.3) is 0 Å². The number of carbonyl (C=O) groups excluding carboxylic acids is 1. The lowest BCUT2D eigenvalue weighted by Crippen LogP contribution is -2.27. The lowest BCUT2D eigenvalue weighted by Gasteiger charge is -2.30. The van der Waals surface area contributed by atoms with Crippen LogP contribution < -0.4 is 0 Å². The van der Waals surface area contributed by atoms with Crippen LogP contribution in [0, 0.1) is 11.3 Å². The van der Waals surface area contributed by atoms with E-state index in [1.807, 2.05) is 18.2 Å². The minimum absolute atomic E-state index is 0.0922. The number of carbonyl (C=O) groups is 1. The first-order valence-corrected chi connectivity index (χ1v) is 11.0. The van der Waals surface area contributed by atoms with Crippen molar-refractivity contribution in [3.63, 3.8) is 0 Å². The van der Waals surface area contributed by atoms with Gasteiger partial charge in [-0.25, -0.2) is 0 Å². The fourth-order valence-corrected chi connectivity index (χ4v) is 7.44. The molecule has 0 aliphatic heterocycles. The summed E-state index contributed by atoms with van der Waals surface area (Å²) in [4.78, 5) is 12.4. The summed E-state index contributed by atoms with van der Waals surface area (Å²) < 4.78 is 6.23. The molecule has 5 atom stereocenters. The largest absolute Gasteiger partial charge is 0.457 e. The van der Waals surface area contributed by atoms with Crippen LogP contribution in [0.15, 0.2) is 97.1 Å². The molecule has 4 aliphatic carbocycles. The van der Waals surface area contributed by atoms with Crippen molar-refractivity contribution in [3.8, 4) is 0 Å². The molecule has 0 heterocycles. The maximum atomic E-state index is 12.4. The molecule has 31 heavy (non-hydrogen) atoms. The highest BCUT2D eigenvalue weighted by Crippen LogP contribution is 2.91. The molecular weight excluding hydrogens is 380 g/mol. The lowest BCUT2D eigenvalue weighted by atomic mass is 9.79. The van der Waals surface area contributed by atoms with Crippen LogP contribution >= 0.6 is 0 Å². The predicted molar refractivity (Wildman–Crippen MR) is 120 cm³/mol. The Morgan fingerprint density at radius 1 is 0.903 bits per heavy atom. The number of esters is 1. The molecule has 4 aliphatic rings. The topological polar surface area (TPSA) is 26.3 Å². The van der Waals surface area contributed by atoms with E-state index in [0.717, 1.165) is 5.56 Å². The molecule has 0 saturated heterocycles. The van der Waals surface area contributed by atoms with Crippen LogP contribution in [0.4, 0.5) is 0 Å². The van der Waals surface area contributed by atoms with E-state index in [4.69, 9.17) is 4.74 Å². The molecule has 7 rings (SSSR count). The maximum absolute atomic E-state index is 12.4. The Balaban J connectivity index is 1.57. The molecule has 0 radical (unpaired) electrons. The van der Waals surface area contributed by atoms with Gasteiger partial charge in [-0.1, -0.05) is 97.1 Å². The first-order valence-electron chi connectivity index (χ1n) is 11.0. The van der Waals surface area contributed by atoms with E-state index < -0.39 is 0 Å². The zero-order chi connectivity index (χ0) is 20.8. The molecule has 2 nitrogen and oxygen atoms in total. The normalized spacial score (nSPS) is 31.1. The number of hydrogen-bond acceptors (Lipinski definition) is 2. The second-order valence-corrected chi connectivity index (χ2v) is 9.19. The average Bonchev–Trinajstić information content (AvgIpc) is 3.17. The van der Waals surface area contributed by atoms with Gasteiger partial charge in [-0.2, -0.15) is 0 Å². The molecule has 2 heteroatoms. The third-order valence-corrected chi connectivity index (χ3v) is 8.13. The van der Waals surface area contributed by atoms with Gasteiger partial charge in [-0.15, -0.1) is 0 Å². The van der Waals surface area contributed by atoms with E-state index in [2.05, 4.69) is 78.9 Å². The number of rotatable bonds is 3.